The fourth-order valence-electron chi connectivity index (χ4n) is 1.51. The second kappa shape index (κ2) is 4.88. The average Bonchev–Trinajstić information content (AvgIpc) is 2.59. The molecular weight excluding hydrogens is 313 g/mol. The molecule has 0 spiro atoms. The van der Waals surface area contributed by atoms with Crippen LogP contribution in [0.5, 0.6) is 11.5 Å². The van der Waals surface area contributed by atoms with Gasteiger partial charge >= 0.3 is 0 Å². The Balaban J connectivity index is 2.59. The second-order valence-corrected chi connectivity index (χ2v) is 6.14. The van der Waals surface area contributed by atoms with Crippen molar-refractivity contribution in [3.8, 4) is 22.8 Å². The van der Waals surface area contributed by atoms with Crippen molar-refractivity contribution >= 4 is 27.5 Å². The van der Waals surface area contributed by atoms with Crippen molar-refractivity contribution in [3.05, 3.63) is 29.0 Å². The summed E-state index contributed by atoms with van der Waals surface area (Å²) >= 11 is 5.71. The molecule has 0 aliphatic heterocycles. The molecule has 1 heterocycles. The molecule has 1 aromatic carbocycles. The van der Waals surface area contributed by atoms with Gasteiger partial charge in [0, 0.05) is 5.02 Å². The number of furan rings is 1. The van der Waals surface area contributed by atoms with Gasteiger partial charge in [-0.3, -0.25) is 4.72 Å². The molecule has 0 atom stereocenters. The first-order chi connectivity index (χ1) is 9.19. The summed E-state index contributed by atoms with van der Waals surface area (Å²) in [6, 6.07) is 3.50. The van der Waals surface area contributed by atoms with Crippen molar-refractivity contribution in [3.63, 3.8) is 0 Å². The number of benzene rings is 1. The summed E-state index contributed by atoms with van der Waals surface area (Å²) in [4.78, 5) is 0. The van der Waals surface area contributed by atoms with Crippen LogP contribution in [0.3, 0.4) is 0 Å². The van der Waals surface area contributed by atoms with E-state index in [0.29, 0.717) is 0 Å². The minimum atomic E-state index is -3.74. The lowest BCUT2D eigenvalue weighted by Gasteiger charge is -2.01. The minimum Gasteiger partial charge on any atom is -0.502 e. The number of hydrogen-bond donors (Lipinski definition) is 3. The van der Waals surface area contributed by atoms with Crippen molar-refractivity contribution in [1.82, 2.24) is 0 Å². The first-order valence-electron chi connectivity index (χ1n) is 5.17. The number of anilines is 1. The fraction of sp³-hybridized carbons (Fsp3) is 0.0909. The Morgan fingerprint density at radius 2 is 1.95 bits per heavy atom. The maximum absolute atomic E-state index is 13.7. The first kappa shape index (κ1) is 14.5. The molecule has 9 heteroatoms. The summed E-state index contributed by atoms with van der Waals surface area (Å²) in [5, 5.41) is 19.4. The van der Waals surface area contributed by atoms with Crippen LogP contribution in [0.1, 0.15) is 0 Å². The lowest BCUT2D eigenvalue weighted by atomic mass is 10.1. The SMILES string of the molecule is CS(=O)(=O)Nc1oc(-c2cc(Cl)ccc2F)c(O)c1O. The molecule has 2 rings (SSSR count). The van der Waals surface area contributed by atoms with Crippen LogP contribution in [0.15, 0.2) is 22.6 Å². The van der Waals surface area contributed by atoms with Gasteiger partial charge in [-0.15, -0.1) is 0 Å². The molecule has 2 aromatic rings. The van der Waals surface area contributed by atoms with Gasteiger partial charge in [0.1, 0.15) is 5.82 Å². The fourth-order valence-corrected chi connectivity index (χ4v) is 2.15. The molecule has 0 fully saturated rings. The van der Waals surface area contributed by atoms with Gasteiger partial charge in [-0.2, -0.15) is 0 Å². The largest absolute Gasteiger partial charge is 0.502 e. The van der Waals surface area contributed by atoms with Crippen LogP contribution in [0.2, 0.25) is 5.02 Å². The normalized spacial score (nSPS) is 11.6. The van der Waals surface area contributed by atoms with E-state index < -0.39 is 39.0 Å². The molecule has 6 nitrogen and oxygen atoms in total. The van der Waals surface area contributed by atoms with E-state index in [4.69, 9.17) is 16.0 Å². The molecule has 1 aromatic heterocycles. The van der Waals surface area contributed by atoms with Crippen LogP contribution in [0.25, 0.3) is 11.3 Å². The van der Waals surface area contributed by atoms with E-state index in [-0.39, 0.29) is 10.6 Å². The highest BCUT2D eigenvalue weighted by atomic mass is 35.5. The smallest absolute Gasteiger partial charge is 0.253 e. The Labute approximate surface area is 118 Å². The number of nitrogens with one attached hydrogen (secondary N) is 1. The Morgan fingerprint density at radius 3 is 2.55 bits per heavy atom. The van der Waals surface area contributed by atoms with Gasteiger partial charge in [0.15, 0.2) is 5.76 Å². The van der Waals surface area contributed by atoms with Crippen LogP contribution in [0, 0.1) is 5.82 Å². The van der Waals surface area contributed by atoms with E-state index in [9.17, 15) is 23.0 Å². The summed E-state index contributed by atoms with van der Waals surface area (Å²) in [6.07, 6.45) is 0.825. The average molecular weight is 322 g/mol. The summed E-state index contributed by atoms with van der Waals surface area (Å²) in [5.74, 6) is -3.44. The monoisotopic (exact) mass is 321 g/mol. The predicted octanol–water partition coefficient (Wildman–Crippen LogP) is 2.52. The molecule has 20 heavy (non-hydrogen) atoms. The highest BCUT2D eigenvalue weighted by Gasteiger charge is 2.24. The number of halogens is 2. The summed E-state index contributed by atoms with van der Waals surface area (Å²) in [6.45, 7) is 0. The van der Waals surface area contributed by atoms with E-state index in [1.54, 1.807) is 0 Å². The number of aromatic hydroxyl groups is 2. The third-order valence-electron chi connectivity index (χ3n) is 2.31. The van der Waals surface area contributed by atoms with Crippen molar-refractivity contribution in [2.75, 3.05) is 11.0 Å². The Hall–Kier alpha value is -1.93. The van der Waals surface area contributed by atoms with Gasteiger partial charge in [-0.05, 0) is 18.2 Å². The minimum absolute atomic E-state index is 0.175. The number of rotatable bonds is 3. The van der Waals surface area contributed by atoms with Crippen LogP contribution in [0.4, 0.5) is 10.3 Å². The Kier molecular flexibility index (Phi) is 3.53. The standard InChI is InChI=1S/C11H9ClFNO5S/c1-20(17,18)14-11-9(16)8(15)10(19-11)6-4-5(12)2-3-7(6)13/h2-4,14-16H,1H3. The molecule has 3 N–H and O–H groups in total. The van der Waals surface area contributed by atoms with Gasteiger partial charge in [-0.1, -0.05) is 11.6 Å². The summed E-state index contributed by atoms with van der Waals surface area (Å²) in [5.41, 5.74) is -0.216. The quantitative estimate of drug-likeness (QED) is 0.806. The number of sulfonamides is 1. The Bertz CT molecular complexity index is 771. The third kappa shape index (κ3) is 2.81. The lowest BCUT2D eigenvalue weighted by Crippen LogP contribution is -2.08. The molecule has 0 saturated heterocycles. The molecule has 0 saturated carbocycles. The molecule has 0 radical (unpaired) electrons. The zero-order valence-corrected chi connectivity index (χ0v) is 11.6. The van der Waals surface area contributed by atoms with Crippen molar-refractivity contribution in [1.29, 1.82) is 0 Å². The second-order valence-electron chi connectivity index (χ2n) is 3.96. The topological polar surface area (TPSA) is 99.8 Å². The van der Waals surface area contributed by atoms with Gasteiger partial charge in [0.2, 0.25) is 21.5 Å². The van der Waals surface area contributed by atoms with E-state index >= 15 is 0 Å². The zero-order chi connectivity index (χ0) is 15.1. The lowest BCUT2D eigenvalue weighted by molar-refractivity contribution is 0.410. The van der Waals surface area contributed by atoms with Gasteiger partial charge in [0.05, 0.1) is 11.8 Å². The van der Waals surface area contributed by atoms with E-state index in [1.165, 1.54) is 12.1 Å². The van der Waals surface area contributed by atoms with Gasteiger partial charge < -0.3 is 14.6 Å². The van der Waals surface area contributed by atoms with Crippen LogP contribution in [-0.4, -0.2) is 24.9 Å². The van der Waals surface area contributed by atoms with Crippen LogP contribution < -0.4 is 4.72 Å². The van der Waals surface area contributed by atoms with Gasteiger partial charge in [0.25, 0.3) is 5.88 Å². The molecule has 0 amide bonds. The summed E-state index contributed by atoms with van der Waals surface area (Å²) < 4.78 is 42.6. The van der Waals surface area contributed by atoms with Crippen LogP contribution in [-0.2, 0) is 10.0 Å². The molecule has 0 aliphatic rings. The maximum Gasteiger partial charge on any atom is 0.253 e. The summed E-state index contributed by atoms with van der Waals surface area (Å²) in [7, 11) is -3.74. The zero-order valence-electron chi connectivity index (χ0n) is 10.0. The molecule has 108 valence electrons. The van der Waals surface area contributed by atoms with Gasteiger partial charge in [-0.25, -0.2) is 12.8 Å². The van der Waals surface area contributed by atoms with E-state index in [1.807, 2.05) is 4.72 Å². The highest BCUT2D eigenvalue weighted by molar-refractivity contribution is 7.92. The van der Waals surface area contributed by atoms with Crippen molar-refractivity contribution in [2.24, 2.45) is 0 Å². The van der Waals surface area contributed by atoms with Crippen molar-refractivity contribution in [2.45, 2.75) is 0 Å². The van der Waals surface area contributed by atoms with Crippen molar-refractivity contribution < 1.29 is 27.4 Å². The Morgan fingerprint density at radius 1 is 1.30 bits per heavy atom. The highest BCUT2D eigenvalue weighted by Crippen LogP contribution is 2.46. The number of hydrogen-bond acceptors (Lipinski definition) is 5. The van der Waals surface area contributed by atoms with E-state index in [0.717, 1.165) is 12.3 Å². The predicted molar refractivity (Wildman–Crippen MR) is 70.9 cm³/mol. The van der Waals surface area contributed by atoms with E-state index in [2.05, 4.69) is 0 Å². The third-order valence-corrected chi connectivity index (χ3v) is 3.10. The molecular formula is C11H9ClFNO5S. The molecule has 0 unspecified atom stereocenters. The first-order valence-corrected chi connectivity index (χ1v) is 7.44. The van der Waals surface area contributed by atoms with Crippen LogP contribution >= 0.6 is 11.6 Å². The molecule has 0 bridgehead atoms. The maximum atomic E-state index is 13.7. The molecule has 0 aliphatic carbocycles.